The minimum atomic E-state index is -0.923. The molecule has 5 heteroatoms. The van der Waals surface area contributed by atoms with Crippen molar-refractivity contribution in [3.8, 4) is 0 Å². The first kappa shape index (κ1) is 16.0. The fraction of sp³-hybridized carbons (Fsp3) is 0.750. The maximum absolute atomic E-state index is 12.3. The van der Waals surface area contributed by atoms with E-state index in [1.807, 2.05) is 12.2 Å². The SMILES string of the molecule is O=C(O)[C@H]1CC=CC[C@H]1C(=O)NCC1(O)CCCCCC1. The number of carboxylic acid groups (broad SMARTS) is 1. The fourth-order valence-electron chi connectivity index (χ4n) is 3.32. The van der Waals surface area contributed by atoms with Crippen molar-refractivity contribution in [1.82, 2.24) is 5.32 Å². The minimum absolute atomic E-state index is 0.235. The molecule has 3 N–H and O–H groups in total. The lowest BCUT2D eigenvalue weighted by Gasteiger charge is -2.29. The Bertz CT molecular complexity index is 411. The van der Waals surface area contributed by atoms with Gasteiger partial charge in [0, 0.05) is 6.54 Å². The van der Waals surface area contributed by atoms with E-state index < -0.39 is 23.4 Å². The first-order chi connectivity index (χ1) is 10.0. The van der Waals surface area contributed by atoms with Crippen molar-refractivity contribution in [1.29, 1.82) is 0 Å². The average Bonchev–Trinajstić information content (AvgIpc) is 2.70. The molecular weight excluding hydrogens is 270 g/mol. The number of aliphatic hydroxyl groups is 1. The molecule has 2 aliphatic rings. The minimum Gasteiger partial charge on any atom is -0.481 e. The second-order valence-corrected chi connectivity index (χ2v) is 6.35. The second-order valence-electron chi connectivity index (χ2n) is 6.35. The molecule has 118 valence electrons. The van der Waals surface area contributed by atoms with Crippen LogP contribution in [0, 0.1) is 11.8 Å². The predicted molar refractivity (Wildman–Crippen MR) is 78.7 cm³/mol. The third-order valence-electron chi connectivity index (χ3n) is 4.71. The van der Waals surface area contributed by atoms with Crippen molar-refractivity contribution in [3.05, 3.63) is 12.2 Å². The number of rotatable bonds is 4. The highest BCUT2D eigenvalue weighted by Crippen LogP contribution is 2.28. The van der Waals surface area contributed by atoms with Crippen LogP contribution in [0.3, 0.4) is 0 Å². The van der Waals surface area contributed by atoms with Crippen LogP contribution in [0.15, 0.2) is 12.2 Å². The van der Waals surface area contributed by atoms with E-state index in [-0.39, 0.29) is 12.5 Å². The Morgan fingerprint density at radius 1 is 1.05 bits per heavy atom. The molecule has 2 atom stereocenters. The number of aliphatic carboxylic acids is 1. The van der Waals surface area contributed by atoms with E-state index in [1.54, 1.807) is 0 Å². The van der Waals surface area contributed by atoms with Crippen LogP contribution in [0.1, 0.15) is 51.4 Å². The molecule has 5 nitrogen and oxygen atoms in total. The zero-order valence-electron chi connectivity index (χ0n) is 12.4. The van der Waals surface area contributed by atoms with Gasteiger partial charge in [0.05, 0.1) is 17.4 Å². The van der Waals surface area contributed by atoms with Gasteiger partial charge in [-0.15, -0.1) is 0 Å². The van der Waals surface area contributed by atoms with Gasteiger partial charge in [-0.3, -0.25) is 9.59 Å². The van der Waals surface area contributed by atoms with Gasteiger partial charge >= 0.3 is 5.97 Å². The Kier molecular flexibility index (Phi) is 5.39. The molecule has 0 aromatic carbocycles. The number of carbonyl (C=O) groups excluding carboxylic acids is 1. The quantitative estimate of drug-likeness (QED) is 0.546. The normalized spacial score (nSPS) is 28.6. The number of nitrogens with one attached hydrogen (secondary N) is 1. The fourth-order valence-corrected chi connectivity index (χ4v) is 3.32. The molecule has 2 rings (SSSR count). The summed E-state index contributed by atoms with van der Waals surface area (Å²) in [5.41, 5.74) is -0.824. The van der Waals surface area contributed by atoms with E-state index in [0.29, 0.717) is 25.7 Å². The van der Waals surface area contributed by atoms with E-state index in [0.717, 1.165) is 25.7 Å². The zero-order chi connectivity index (χ0) is 15.3. The number of hydrogen-bond donors (Lipinski definition) is 3. The van der Waals surface area contributed by atoms with E-state index in [9.17, 15) is 19.8 Å². The van der Waals surface area contributed by atoms with Crippen molar-refractivity contribution in [2.24, 2.45) is 11.8 Å². The Morgan fingerprint density at radius 2 is 1.62 bits per heavy atom. The Morgan fingerprint density at radius 3 is 2.19 bits per heavy atom. The summed E-state index contributed by atoms with van der Waals surface area (Å²) in [5, 5.41) is 22.5. The van der Waals surface area contributed by atoms with Crippen molar-refractivity contribution < 1.29 is 19.8 Å². The molecule has 0 aromatic rings. The molecule has 0 aromatic heterocycles. The topological polar surface area (TPSA) is 86.6 Å². The highest BCUT2D eigenvalue weighted by atomic mass is 16.4. The molecule has 1 amide bonds. The third-order valence-corrected chi connectivity index (χ3v) is 4.71. The van der Waals surface area contributed by atoms with Crippen molar-refractivity contribution in [3.63, 3.8) is 0 Å². The van der Waals surface area contributed by atoms with Crippen molar-refractivity contribution >= 4 is 11.9 Å². The summed E-state index contributed by atoms with van der Waals surface area (Å²) in [5.74, 6) is -2.35. The summed E-state index contributed by atoms with van der Waals surface area (Å²) in [6.45, 7) is 0.235. The van der Waals surface area contributed by atoms with Gasteiger partial charge in [0.25, 0.3) is 0 Å². The maximum Gasteiger partial charge on any atom is 0.307 e. The van der Waals surface area contributed by atoms with Crippen molar-refractivity contribution in [2.75, 3.05) is 6.54 Å². The zero-order valence-corrected chi connectivity index (χ0v) is 12.4. The monoisotopic (exact) mass is 295 g/mol. The highest BCUT2D eigenvalue weighted by Gasteiger charge is 2.35. The summed E-state index contributed by atoms with van der Waals surface area (Å²) < 4.78 is 0. The van der Waals surface area contributed by atoms with Crippen LogP contribution in [-0.4, -0.2) is 34.2 Å². The summed E-state index contributed by atoms with van der Waals surface area (Å²) in [4.78, 5) is 23.5. The molecule has 1 fully saturated rings. The Labute approximate surface area is 125 Å². The second kappa shape index (κ2) is 7.07. The predicted octanol–water partition coefficient (Wildman–Crippen LogP) is 1.85. The molecular formula is C16H25NO4. The molecule has 1 saturated carbocycles. The van der Waals surface area contributed by atoms with Gasteiger partial charge in [0.15, 0.2) is 0 Å². The average molecular weight is 295 g/mol. The molecule has 0 bridgehead atoms. The van der Waals surface area contributed by atoms with Crippen molar-refractivity contribution in [2.45, 2.75) is 57.0 Å². The summed E-state index contributed by atoms with van der Waals surface area (Å²) in [7, 11) is 0. The molecule has 0 heterocycles. The Balaban J connectivity index is 1.91. The van der Waals surface area contributed by atoms with Crippen LogP contribution in [0.4, 0.5) is 0 Å². The van der Waals surface area contributed by atoms with E-state index in [4.69, 9.17) is 0 Å². The van der Waals surface area contributed by atoms with Crippen LogP contribution in [-0.2, 0) is 9.59 Å². The van der Waals surface area contributed by atoms with E-state index in [2.05, 4.69) is 5.32 Å². The summed E-state index contributed by atoms with van der Waals surface area (Å²) in [6, 6.07) is 0. The highest BCUT2D eigenvalue weighted by molar-refractivity contribution is 5.85. The lowest BCUT2D eigenvalue weighted by molar-refractivity contribution is -0.147. The summed E-state index contributed by atoms with van der Waals surface area (Å²) in [6.07, 6.45) is 10.2. The maximum atomic E-state index is 12.3. The lowest BCUT2D eigenvalue weighted by atomic mass is 9.82. The van der Waals surface area contributed by atoms with Crippen LogP contribution in [0.5, 0.6) is 0 Å². The molecule has 0 spiro atoms. The third kappa shape index (κ3) is 4.30. The van der Waals surface area contributed by atoms with Gasteiger partial charge in [0.2, 0.25) is 5.91 Å². The molecule has 0 saturated heterocycles. The van der Waals surface area contributed by atoms with Gasteiger partial charge < -0.3 is 15.5 Å². The van der Waals surface area contributed by atoms with E-state index >= 15 is 0 Å². The lowest BCUT2D eigenvalue weighted by Crippen LogP contribution is -2.46. The molecule has 0 radical (unpaired) electrons. The van der Waals surface area contributed by atoms with Gasteiger partial charge in [-0.2, -0.15) is 0 Å². The molecule has 21 heavy (non-hydrogen) atoms. The van der Waals surface area contributed by atoms with Gasteiger partial charge in [-0.05, 0) is 25.7 Å². The molecule has 0 aliphatic heterocycles. The number of hydrogen-bond acceptors (Lipinski definition) is 3. The van der Waals surface area contributed by atoms with Gasteiger partial charge in [-0.1, -0.05) is 37.8 Å². The first-order valence-corrected chi connectivity index (χ1v) is 7.90. The number of carbonyl (C=O) groups is 2. The largest absolute Gasteiger partial charge is 0.481 e. The smallest absolute Gasteiger partial charge is 0.307 e. The Hall–Kier alpha value is -1.36. The van der Waals surface area contributed by atoms with Gasteiger partial charge in [-0.25, -0.2) is 0 Å². The number of carboxylic acids is 1. The van der Waals surface area contributed by atoms with Crippen LogP contribution < -0.4 is 5.32 Å². The van der Waals surface area contributed by atoms with Crippen LogP contribution >= 0.6 is 0 Å². The first-order valence-electron chi connectivity index (χ1n) is 7.90. The number of allylic oxidation sites excluding steroid dienone is 2. The summed E-state index contributed by atoms with van der Waals surface area (Å²) >= 11 is 0. The molecule has 0 unspecified atom stereocenters. The molecule has 2 aliphatic carbocycles. The van der Waals surface area contributed by atoms with Crippen LogP contribution in [0.2, 0.25) is 0 Å². The van der Waals surface area contributed by atoms with Gasteiger partial charge in [0.1, 0.15) is 0 Å². The standard InChI is InChI=1S/C16H25NO4/c18-14(12-7-3-4-8-13(12)15(19)20)17-11-16(21)9-5-1-2-6-10-16/h3-4,12-13,21H,1-2,5-11H2,(H,17,18)(H,19,20)/t12-,13+/m1/s1. The number of amides is 1. The van der Waals surface area contributed by atoms with Crippen LogP contribution in [0.25, 0.3) is 0 Å². The van der Waals surface area contributed by atoms with E-state index in [1.165, 1.54) is 0 Å².